The van der Waals surface area contributed by atoms with Gasteiger partial charge in [0.15, 0.2) is 0 Å². The van der Waals surface area contributed by atoms with E-state index in [1.165, 1.54) is 0 Å². The summed E-state index contributed by atoms with van der Waals surface area (Å²) in [7, 11) is 0. The first-order valence-electron chi connectivity index (χ1n) is 4.82. The SMILES string of the molecule is CCOC(=O)N1C(=O)OC(C)CC1CI. The van der Waals surface area contributed by atoms with Crippen molar-refractivity contribution in [2.75, 3.05) is 11.0 Å². The van der Waals surface area contributed by atoms with Gasteiger partial charge < -0.3 is 9.47 Å². The van der Waals surface area contributed by atoms with Crippen LogP contribution in [0.25, 0.3) is 0 Å². The van der Waals surface area contributed by atoms with Gasteiger partial charge in [-0.3, -0.25) is 0 Å². The molecule has 1 aliphatic rings. The fraction of sp³-hybridized carbons (Fsp3) is 0.778. The van der Waals surface area contributed by atoms with Gasteiger partial charge in [0.25, 0.3) is 0 Å². The topological polar surface area (TPSA) is 55.8 Å². The predicted molar refractivity (Wildman–Crippen MR) is 62.1 cm³/mol. The third-order valence-corrected chi connectivity index (χ3v) is 3.13. The highest BCUT2D eigenvalue weighted by Gasteiger charge is 2.38. The first kappa shape index (κ1) is 12.5. The molecular formula is C9H14INO4. The van der Waals surface area contributed by atoms with Gasteiger partial charge in [-0.25, -0.2) is 14.5 Å². The molecule has 0 saturated carbocycles. The summed E-state index contributed by atoms with van der Waals surface area (Å²) in [6.07, 6.45) is -0.694. The van der Waals surface area contributed by atoms with Crippen molar-refractivity contribution in [1.29, 1.82) is 0 Å². The van der Waals surface area contributed by atoms with E-state index in [0.717, 1.165) is 4.90 Å². The molecule has 86 valence electrons. The molecule has 2 atom stereocenters. The fourth-order valence-corrected chi connectivity index (χ4v) is 2.22. The summed E-state index contributed by atoms with van der Waals surface area (Å²) in [6, 6.07) is -0.124. The van der Waals surface area contributed by atoms with E-state index >= 15 is 0 Å². The van der Waals surface area contributed by atoms with Crippen LogP contribution < -0.4 is 0 Å². The van der Waals surface area contributed by atoms with E-state index < -0.39 is 12.2 Å². The second-order valence-corrected chi connectivity index (χ2v) is 4.19. The lowest BCUT2D eigenvalue weighted by Crippen LogP contribution is -2.52. The van der Waals surface area contributed by atoms with E-state index in [1.54, 1.807) is 6.92 Å². The van der Waals surface area contributed by atoms with Crippen molar-refractivity contribution in [3.8, 4) is 0 Å². The van der Waals surface area contributed by atoms with Gasteiger partial charge in [0.2, 0.25) is 0 Å². The molecule has 2 amide bonds. The second-order valence-electron chi connectivity index (χ2n) is 3.31. The van der Waals surface area contributed by atoms with Crippen LogP contribution in [0.5, 0.6) is 0 Å². The Kier molecular flexibility index (Phi) is 4.62. The van der Waals surface area contributed by atoms with Crippen LogP contribution in [0.2, 0.25) is 0 Å². The van der Waals surface area contributed by atoms with Crippen LogP contribution in [0.1, 0.15) is 20.3 Å². The molecule has 1 saturated heterocycles. The van der Waals surface area contributed by atoms with E-state index in [4.69, 9.17) is 9.47 Å². The Hall–Kier alpha value is -0.530. The minimum atomic E-state index is -0.615. The second kappa shape index (κ2) is 5.53. The van der Waals surface area contributed by atoms with Crippen LogP contribution in [0.4, 0.5) is 9.59 Å². The normalized spacial score (nSPS) is 26.1. The molecular weight excluding hydrogens is 313 g/mol. The fourth-order valence-electron chi connectivity index (χ4n) is 1.46. The number of imide groups is 1. The Morgan fingerprint density at radius 2 is 2.40 bits per heavy atom. The standard InChI is InChI=1S/C9H14INO4/c1-3-14-8(12)11-7(5-10)4-6(2)15-9(11)13/h6-7H,3-5H2,1-2H3. The quantitative estimate of drug-likeness (QED) is 0.576. The summed E-state index contributed by atoms with van der Waals surface area (Å²) in [5.74, 6) is 0. The number of amides is 2. The van der Waals surface area contributed by atoms with E-state index in [9.17, 15) is 9.59 Å². The molecule has 1 heterocycles. The highest BCUT2D eigenvalue weighted by molar-refractivity contribution is 14.1. The smallest absolute Gasteiger partial charge is 0.419 e. The molecule has 5 nitrogen and oxygen atoms in total. The van der Waals surface area contributed by atoms with E-state index in [2.05, 4.69) is 22.6 Å². The number of hydrogen-bond acceptors (Lipinski definition) is 4. The lowest BCUT2D eigenvalue weighted by Gasteiger charge is -2.34. The summed E-state index contributed by atoms with van der Waals surface area (Å²) < 4.78 is 10.5. The Morgan fingerprint density at radius 3 is 2.93 bits per heavy atom. The summed E-state index contributed by atoms with van der Waals surface area (Å²) in [6.45, 7) is 3.78. The average Bonchev–Trinajstić information content (AvgIpc) is 2.16. The van der Waals surface area contributed by atoms with Crippen molar-refractivity contribution in [1.82, 2.24) is 4.90 Å². The third kappa shape index (κ3) is 2.96. The van der Waals surface area contributed by atoms with Crippen LogP contribution >= 0.6 is 22.6 Å². The predicted octanol–water partition coefficient (Wildman–Crippen LogP) is 2.18. The molecule has 0 aromatic heterocycles. The molecule has 0 radical (unpaired) electrons. The number of alkyl halides is 1. The number of carbonyl (C=O) groups excluding carboxylic acids is 2. The maximum Gasteiger partial charge on any atom is 0.419 e. The number of rotatable bonds is 2. The molecule has 1 fully saturated rings. The van der Waals surface area contributed by atoms with Gasteiger partial charge in [-0.05, 0) is 13.8 Å². The minimum absolute atomic E-state index is 0.124. The number of carbonyl (C=O) groups is 2. The Morgan fingerprint density at radius 1 is 1.73 bits per heavy atom. The zero-order chi connectivity index (χ0) is 11.4. The first-order valence-corrected chi connectivity index (χ1v) is 6.35. The third-order valence-electron chi connectivity index (χ3n) is 2.11. The molecule has 0 aromatic rings. The van der Waals surface area contributed by atoms with Gasteiger partial charge in [0, 0.05) is 10.8 Å². The van der Waals surface area contributed by atoms with Crippen molar-refractivity contribution in [3.63, 3.8) is 0 Å². The summed E-state index contributed by atoms with van der Waals surface area (Å²) in [5.41, 5.74) is 0. The van der Waals surface area contributed by atoms with Crippen LogP contribution in [-0.2, 0) is 9.47 Å². The summed E-state index contributed by atoms with van der Waals surface area (Å²) in [4.78, 5) is 24.0. The lowest BCUT2D eigenvalue weighted by atomic mass is 10.1. The number of nitrogens with zero attached hydrogens (tertiary/aromatic N) is 1. The lowest BCUT2D eigenvalue weighted by molar-refractivity contribution is 0.00999. The minimum Gasteiger partial charge on any atom is -0.449 e. The van der Waals surface area contributed by atoms with Gasteiger partial charge in [0.05, 0.1) is 12.6 Å². The van der Waals surface area contributed by atoms with Gasteiger partial charge in [-0.1, -0.05) is 22.6 Å². The van der Waals surface area contributed by atoms with Crippen LogP contribution in [0, 0.1) is 0 Å². The summed E-state index contributed by atoms with van der Waals surface area (Å²) in [5, 5.41) is 0. The monoisotopic (exact) mass is 327 g/mol. The highest BCUT2D eigenvalue weighted by atomic mass is 127. The van der Waals surface area contributed by atoms with Crippen LogP contribution in [0.3, 0.4) is 0 Å². The van der Waals surface area contributed by atoms with Crippen molar-refractivity contribution >= 4 is 34.8 Å². The average molecular weight is 327 g/mol. The molecule has 0 bridgehead atoms. The van der Waals surface area contributed by atoms with Crippen LogP contribution in [0.15, 0.2) is 0 Å². The zero-order valence-corrected chi connectivity index (χ0v) is 10.9. The van der Waals surface area contributed by atoms with Crippen LogP contribution in [-0.4, -0.2) is 40.3 Å². The van der Waals surface area contributed by atoms with Crippen molar-refractivity contribution in [3.05, 3.63) is 0 Å². The van der Waals surface area contributed by atoms with E-state index in [1.807, 2.05) is 6.92 Å². The molecule has 0 N–H and O–H groups in total. The molecule has 2 unspecified atom stereocenters. The van der Waals surface area contributed by atoms with Gasteiger partial charge in [-0.2, -0.15) is 0 Å². The molecule has 0 aromatic carbocycles. The number of halogens is 1. The molecule has 1 aliphatic heterocycles. The number of ether oxygens (including phenoxy) is 2. The molecule has 1 rings (SSSR count). The molecule has 0 spiro atoms. The maximum absolute atomic E-state index is 11.5. The van der Waals surface area contributed by atoms with Crippen molar-refractivity contribution < 1.29 is 19.1 Å². The Balaban J connectivity index is 2.74. The van der Waals surface area contributed by atoms with Crippen molar-refractivity contribution in [2.45, 2.75) is 32.4 Å². The number of cyclic esters (lactones) is 1. The largest absolute Gasteiger partial charge is 0.449 e. The molecule has 0 aliphatic carbocycles. The van der Waals surface area contributed by atoms with Crippen molar-refractivity contribution in [2.24, 2.45) is 0 Å². The Labute approximate surface area is 102 Å². The molecule has 6 heteroatoms. The maximum atomic E-state index is 11.5. The van der Waals surface area contributed by atoms with E-state index in [0.29, 0.717) is 10.8 Å². The molecule has 15 heavy (non-hydrogen) atoms. The van der Waals surface area contributed by atoms with Gasteiger partial charge >= 0.3 is 12.2 Å². The zero-order valence-electron chi connectivity index (χ0n) is 8.73. The van der Waals surface area contributed by atoms with Gasteiger partial charge in [-0.15, -0.1) is 0 Å². The van der Waals surface area contributed by atoms with E-state index in [-0.39, 0.29) is 18.8 Å². The van der Waals surface area contributed by atoms with Gasteiger partial charge in [0.1, 0.15) is 6.10 Å². The number of hydrogen-bond donors (Lipinski definition) is 0. The summed E-state index contributed by atoms with van der Waals surface area (Å²) >= 11 is 2.15. The Bertz CT molecular complexity index is 250. The first-order chi connectivity index (χ1) is 7.10. The highest BCUT2D eigenvalue weighted by Crippen LogP contribution is 2.21.